The molecule has 0 unspecified atom stereocenters. The summed E-state index contributed by atoms with van der Waals surface area (Å²) < 4.78 is 27.3. The van der Waals surface area contributed by atoms with Crippen LogP contribution in [0.4, 0.5) is 8.78 Å². The van der Waals surface area contributed by atoms with Gasteiger partial charge in [-0.05, 0) is 27.0 Å². The minimum absolute atomic E-state index is 0.127. The lowest BCUT2D eigenvalue weighted by atomic mass is 10.2. The first-order valence-electron chi connectivity index (χ1n) is 5.26. The molecule has 6 heteroatoms. The second kappa shape index (κ2) is 6.95. The second-order valence-corrected chi connectivity index (χ2v) is 4.75. The molecule has 0 radical (unpaired) electrons. The van der Waals surface area contributed by atoms with E-state index in [4.69, 9.17) is 0 Å². The lowest BCUT2D eigenvalue weighted by molar-refractivity contribution is 0.585. The molecule has 2 rings (SSSR count). The molecule has 0 aliphatic heterocycles. The molecule has 0 fully saturated rings. The summed E-state index contributed by atoms with van der Waals surface area (Å²) in [7, 11) is 1.17. The Morgan fingerprint density at radius 1 is 1.39 bits per heavy atom. The molecule has 0 aliphatic carbocycles. The summed E-state index contributed by atoms with van der Waals surface area (Å²) in [4.78, 5) is 6.73. The lowest BCUT2D eigenvalue weighted by Crippen LogP contribution is -1.91. The summed E-state index contributed by atoms with van der Waals surface area (Å²) in [6.45, 7) is 5.68. The third kappa shape index (κ3) is 3.14. The Bertz CT molecular complexity index is 614. The Hall–Kier alpha value is -0.810. The van der Waals surface area contributed by atoms with Crippen molar-refractivity contribution in [3.05, 3.63) is 29.1 Å². The molecule has 0 aliphatic rings. The van der Waals surface area contributed by atoms with E-state index in [1.54, 1.807) is 6.92 Å². The molecule has 2 nitrogen and oxygen atoms in total. The number of nitrogens with one attached hydrogen (secondary N) is 1. The Morgan fingerprint density at radius 3 is 2.67 bits per heavy atom. The van der Waals surface area contributed by atoms with E-state index in [2.05, 4.69) is 21.1 Å². The summed E-state index contributed by atoms with van der Waals surface area (Å²) in [5, 5.41) is 2.55. The van der Waals surface area contributed by atoms with Crippen LogP contribution in [0.25, 0.3) is 11.0 Å². The molecule has 2 aromatic rings. The van der Waals surface area contributed by atoms with Gasteiger partial charge in [-0.1, -0.05) is 13.8 Å². The van der Waals surface area contributed by atoms with Crippen molar-refractivity contribution in [2.45, 2.75) is 20.8 Å². The van der Waals surface area contributed by atoms with Gasteiger partial charge in [0, 0.05) is 27.3 Å². The zero-order valence-corrected chi connectivity index (χ0v) is 13.0. The SMILES string of the molecule is CC.Cc1nc2c(F)c(C#CSI)c(F)cc2[nH]1. The number of rotatable bonds is 0. The quantitative estimate of drug-likeness (QED) is 0.536. The zero-order chi connectivity index (χ0) is 13.7. The van der Waals surface area contributed by atoms with Crippen molar-refractivity contribution < 1.29 is 8.78 Å². The van der Waals surface area contributed by atoms with Crippen molar-refractivity contribution in [3.63, 3.8) is 0 Å². The van der Waals surface area contributed by atoms with E-state index >= 15 is 0 Å². The Labute approximate surface area is 121 Å². The van der Waals surface area contributed by atoms with Crippen LogP contribution in [0.2, 0.25) is 0 Å². The topological polar surface area (TPSA) is 28.7 Å². The molecular weight excluding hydrogens is 369 g/mol. The lowest BCUT2D eigenvalue weighted by Gasteiger charge is -1.97. The van der Waals surface area contributed by atoms with Crippen LogP contribution < -0.4 is 0 Å². The number of aromatic nitrogens is 2. The third-order valence-corrected chi connectivity index (χ3v) is 2.84. The summed E-state index contributed by atoms with van der Waals surface area (Å²) >= 11 is 1.94. The Balaban J connectivity index is 0.000000771. The fraction of sp³-hybridized carbons (Fsp3) is 0.250. The van der Waals surface area contributed by atoms with Crippen LogP contribution in [0.15, 0.2) is 6.07 Å². The standard InChI is InChI=1S/C10H5F2IN2S.C2H6/c1-5-14-8-4-7(11)6(2-3-16-13)9(12)10(8)15-5;1-2/h4H,1H3,(H,14,15);1-2H3. The maximum atomic E-state index is 13.8. The molecule has 1 aromatic heterocycles. The molecule has 0 atom stereocenters. The van der Waals surface area contributed by atoms with E-state index in [1.165, 1.54) is 15.0 Å². The molecular formula is C12H11F2IN2S. The molecule has 0 saturated heterocycles. The summed E-state index contributed by atoms with van der Waals surface area (Å²) in [5.41, 5.74) is 0.241. The summed E-state index contributed by atoms with van der Waals surface area (Å²) in [6, 6.07) is 1.21. The van der Waals surface area contributed by atoms with Gasteiger partial charge in [-0.3, -0.25) is 0 Å². The van der Waals surface area contributed by atoms with Gasteiger partial charge in [0.2, 0.25) is 0 Å². The van der Waals surface area contributed by atoms with Gasteiger partial charge in [0.1, 0.15) is 17.2 Å². The average Bonchev–Trinajstić information content (AvgIpc) is 2.72. The predicted octanol–water partition coefficient (Wildman–Crippen LogP) is 4.57. The third-order valence-electron chi connectivity index (χ3n) is 2.00. The van der Waals surface area contributed by atoms with Gasteiger partial charge in [-0.2, -0.15) is 0 Å². The van der Waals surface area contributed by atoms with Gasteiger partial charge in [-0.25, -0.2) is 13.8 Å². The molecule has 1 heterocycles. The maximum absolute atomic E-state index is 13.8. The first kappa shape index (κ1) is 15.2. The second-order valence-electron chi connectivity index (χ2n) is 3.07. The van der Waals surface area contributed by atoms with Crippen molar-refractivity contribution in [2.24, 2.45) is 0 Å². The number of fused-ring (bicyclic) bond motifs is 1. The summed E-state index contributed by atoms with van der Waals surface area (Å²) in [5.74, 6) is 1.59. The number of H-pyrrole nitrogens is 1. The van der Waals surface area contributed by atoms with Gasteiger partial charge in [-0.15, -0.1) is 0 Å². The number of imidazole rings is 1. The van der Waals surface area contributed by atoms with E-state index in [0.717, 1.165) is 0 Å². The van der Waals surface area contributed by atoms with E-state index in [1.807, 2.05) is 35.1 Å². The van der Waals surface area contributed by atoms with E-state index < -0.39 is 11.6 Å². The minimum Gasteiger partial charge on any atom is -0.342 e. The number of hydrogen-bond acceptors (Lipinski definition) is 2. The van der Waals surface area contributed by atoms with Crippen LogP contribution in [0, 0.1) is 29.7 Å². The maximum Gasteiger partial charge on any atom is 0.169 e. The van der Waals surface area contributed by atoms with Crippen LogP contribution >= 0.6 is 30.1 Å². The van der Waals surface area contributed by atoms with Crippen molar-refractivity contribution in [3.8, 4) is 11.2 Å². The molecule has 1 N–H and O–H groups in total. The average molecular weight is 380 g/mol. The zero-order valence-electron chi connectivity index (χ0n) is 10.1. The minimum atomic E-state index is -0.711. The van der Waals surface area contributed by atoms with Gasteiger partial charge < -0.3 is 4.98 Å². The fourth-order valence-corrected chi connectivity index (χ4v) is 1.86. The number of halogens is 3. The van der Waals surface area contributed by atoms with Gasteiger partial charge in [0.15, 0.2) is 5.82 Å². The highest BCUT2D eigenvalue weighted by molar-refractivity contribution is 14.2. The highest BCUT2D eigenvalue weighted by atomic mass is 127. The molecule has 0 spiro atoms. The van der Waals surface area contributed by atoms with Crippen LogP contribution in [0.5, 0.6) is 0 Å². The van der Waals surface area contributed by atoms with Gasteiger partial charge in [0.25, 0.3) is 0 Å². The van der Waals surface area contributed by atoms with Crippen molar-refractivity contribution in [2.75, 3.05) is 0 Å². The molecule has 0 amide bonds. The number of aromatic amines is 1. The largest absolute Gasteiger partial charge is 0.342 e. The Kier molecular flexibility index (Phi) is 5.88. The highest BCUT2D eigenvalue weighted by Crippen LogP contribution is 2.22. The van der Waals surface area contributed by atoms with Crippen molar-refractivity contribution in [1.82, 2.24) is 9.97 Å². The fourth-order valence-electron chi connectivity index (χ4n) is 1.39. The van der Waals surface area contributed by atoms with E-state index in [0.29, 0.717) is 11.3 Å². The molecule has 0 saturated carbocycles. The van der Waals surface area contributed by atoms with E-state index in [-0.39, 0.29) is 11.1 Å². The number of nitrogens with zero attached hydrogens (tertiary/aromatic N) is 1. The molecule has 18 heavy (non-hydrogen) atoms. The first-order chi connectivity index (χ1) is 8.63. The highest BCUT2D eigenvalue weighted by Gasteiger charge is 2.14. The number of aryl methyl sites for hydroxylation is 1. The normalized spacial score (nSPS) is 9.44. The van der Waals surface area contributed by atoms with Crippen LogP contribution in [0.1, 0.15) is 25.2 Å². The number of hydrogen-bond donors (Lipinski definition) is 1. The van der Waals surface area contributed by atoms with E-state index in [9.17, 15) is 8.78 Å². The number of benzene rings is 1. The first-order valence-corrected chi connectivity index (χ1v) is 8.62. The molecule has 96 valence electrons. The van der Waals surface area contributed by atoms with Gasteiger partial charge in [0.05, 0.1) is 11.1 Å². The monoisotopic (exact) mass is 380 g/mol. The van der Waals surface area contributed by atoms with Crippen molar-refractivity contribution in [1.29, 1.82) is 0 Å². The van der Waals surface area contributed by atoms with Crippen molar-refractivity contribution >= 4 is 41.2 Å². The van der Waals surface area contributed by atoms with Gasteiger partial charge >= 0.3 is 0 Å². The Morgan fingerprint density at radius 2 is 2.06 bits per heavy atom. The molecule has 0 bridgehead atoms. The van der Waals surface area contributed by atoms with Crippen LogP contribution in [-0.2, 0) is 0 Å². The smallest absolute Gasteiger partial charge is 0.169 e. The predicted molar refractivity (Wildman–Crippen MR) is 80.6 cm³/mol. The van der Waals surface area contributed by atoms with Crippen LogP contribution in [0.3, 0.4) is 0 Å². The summed E-state index contributed by atoms with van der Waals surface area (Å²) in [6.07, 6.45) is 0. The molecule has 1 aromatic carbocycles. The van der Waals surface area contributed by atoms with Crippen LogP contribution in [-0.4, -0.2) is 9.97 Å².